The normalized spacial score (nSPS) is 12.5. The van der Waals surface area contributed by atoms with Gasteiger partial charge in [-0.1, -0.05) is 0 Å². The first-order chi connectivity index (χ1) is 6.13. The maximum absolute atomic E-state index is 11.2. The van der Waals surface area contributed by atoms with E-state index in [1.165, 1.54) is 23.9 Å². The number of nitrogens with two attached hydrogens (primary N) is 1. The summed E-state index contributed by atoms with van der Waals surface area (Å²) in [5.41, 5.74) is 5.38. The van der Waals surface area contributed by atoms with Crippen LogP contribution in [-0.4, -0.2) is 22.9 Å². The van der Waals surface area contributed by atoms with E-state index < -0.39 is 0 Å². The standard InChI is InChI=1S/C8H13N3O2/c1-6(9)5-11-8(12)4-3-7(10-11)13-2/h3-4,6H,5,9H2,1-2H3. The predicted octanol–water partition coefficient (Wildman–Crippen LogP) is -0.401. The Morgan fingerprint density at radius 3 is 2.92 bits per heavy atom. The highest BCUT2D eigenvalue weighted by molar-refractivity contribution is 5.05. The Morgan fingerprint density at radius 1 is 1.69 bits per heavy atom. The van der Waals surface area contributed by atoms with Gasteiger partial charge in [0, 0.05) is 18.2 Å². The van der Waals surface area contributed by atoms with Gasteiger partial charge >= 0.3 is 0 Å². The van der Waals surface area contributed by atoms with Crippen molar-refractivity contribution in [3.63, 3.8) is 0 Å². The average Bonchev–Trinajstić information content (AvgIpc) is 2.08. The van der Waals surface area contributed by atoms with Crippen molar-refractivity contribution in [1.29, 1.82) is 0 Å². The van der Waals surface area contributed by atoms with E-state index in [0.717, 1.165) is 0 Å². The van der Waals surface area contributed by atoms with E-state index >= 15 is 0 Å². The summed E-state index contributed by atoms with van der Waals surface area (Å²) in [4.78, 5) is 11.2. The fraction of sp³-hybridized carbons (Fsp3) is 0.500. The molecule has 1 aromatic rings. The van der Waals surface area contributed by atoms with E-state index in [2.05, 4.69) is 5.10 Å². The number of aromatic nitrogens is 2. The maximum Gasteiger partial charge on any atom is 0.267 e. The first-order valence-corrected chi connectivity index (χ1v) is 4.01. The molecular formula is C8H13N3O2. The molecule has 0 amide bonds. The molecule has 1 unspecified atom stereocenters. The third-order valence-corrected chi connectivity index (χ3v) is 1.51. The Kier molecular flexibility index (Phi) is 3.02. The fourth-order valence-electron chi connectivity index (χ4n) is 0.943. The highest BCUT2D eigenvalue weighted by Crippen LogP contribution is 1.99. The van der Waals surface area contributed by atoms with Gasteiger partial charge in [-0.15, -0.1) is 5.10 Å². The third-order valence-electron chi connectivity index (χ3n) is 1.51. The summed E-state index contributed by atoms with van der Waals surface area (Å²) in [5.74, 6) is 0.417. The van der Waals surface area contributed by atoms with Crippen LogP contribution in [0.3, 0.4) is 0 Å². The molecule has 1 aromatic heterocycles. The predicted molar refractivity (Wildman–Crippen MR) is 48.7 cm³/mol. The van der Waals surface area contributed by atoms with E-state index in [-0.39, 0.29) is 11.6 Å². The summed E-state index contributed by atoms with van der Waals surface area (Å²) >= 11 is 0. The lowest BCUT2D eigenvalue weighted by molar-refractivity contribution is 0.371. The van der Waals surface area contributed by atoms with Crippen molar-refractivity contribution in [2.75, 3.05) is 7.11 Å². The van der Waals surface area contributed by atoms with Crippen LogP contribution in [-0.2, 0) is 6.54 Å². The van der Waals surface area contributed by atoms with Crippen molar-refractivity contribution in [2.45, 2.75) is 19.5 Å². The highest BCUT2D eigenvalue weighted by atomic mass is 16.5. The zero-order chi connectivity index (χ0) is 9.84. The molecule has 0 aromatic carbocycles. The van der Waals surface area contributed by atoms with Crippen molar-refractivity contribution in [2.24, 2.45) is 5.73 Å². The van der Waals surface area contributed by atoms with E-state index in [1.807, 2.05) is 6.92 Å². The number of methoxy groups -OCH3 is 1. The smallest absolute Gasteiger partial charge is 0.267 e. The van der Waals surface area contributed by atoms with Gasteiger partial charge in [0.1, 0.15) is 0 Å². The van der Waals surface area contributed by atoms with Crippen LogP contribution in [0.4, 0.5) is 0 Å². The summed E-state index contributed by atoms with van der Waals surface area (Å²) in [6, 6.07) is 2.84. The lowest BCUT2D eigenvalue weighted by atomic mass is 10.4. The molecule has 5 nitrogen and oxygen atoms in total. The van der Waals surface area contributed by atoms with Crippen molar-refractivity contribution in [3.8, 4) is 5.88 Å². The molecule has 0 spiro atoms. The van der Waals surface area contributed by atoms with Gasteiger partial charge in [-0.05, 0) is 6.92 Å². The van der Waals surface area contributed by atoms with E-state index in [4.69, 9.17) is 10.5 Å². The summed E-state index contributed by atoms with van der Waals surface area (Å²) in [6.07, 6.45) is 0. The minimum atomic E-state index is -0.168. The Labute approximate surface area is 76.1 Å². The molecule has 0 radical (unpaired) electrons. The zero-order valence-electron chi connectivity index (χ0n) is 7.73. The number of nitrogens with zero attached hydrogens (tertiary/aromatic N) is 2. The second kappa shape index (κ2) is 4.04. The monoisotopic (exact) mass is 183 g/mol. The topological polar surface area (TPSA) is 70.1 Å². The van der Waals surface area contributed by atoms with Crippen molar-refractivity contribution >= 4 is 0 Å². The molecule has 1 atom stereocenters. The summed E-state index contributed by atoms with van der Waals surface area (Å²) < 4.78 is 6.17. The molecule has 2 N–H and O–H groups in total. The summed E-state index contributed by atoms with van der Waals surface area (Å²) in [7, 11) is 1.50. The molecule has 1 heterocycles. The Balaban J connectivity index is 2.97. The van der Waals surface area contributed by atoms with Crippen LogP contribution in [0.1, 0.15) is 6.92 Å². The first kappa shape index (κ1) is 9.73. The van der Waals surface area contributed by atoms with Gasteiger partial charge in [0.25, 0.3) is 5.56 Å². The van der Waals surface area contributed by atoms with Crippen LogP contribution in [0.5, 0.6) is 5.88 Å². The Bertz CT molecular complexity index is 332. The van der Waals surface area contributed by atoms with Gasteiger partial charge in [-0.25, -0.2) is 4.68 Å². The van der Waals surface area contributed by atoms with Crippen LogP contribution in [0.25, 0.3) is 0 Å². The third kappa shape index (κ3) is 2.55. The number of hydrogen-bond donors (Lipinski definition) is 1. The molecule has 5 heteroatoms. The molecule has 0 bridgehead atoms. The molecule has 13 heavy (non-hydrogen) atoms. The molecule has 0 fully saturated rings. The highest BCUT2D eigenvalue weighted by Gasteiger charge is 2.02. The van der Waals surface area contributed by atoms with Crippen LogP contribution in [0, 0.1) is 0 Å². The Morgan fingerprint density at radius 2 is 2.38 bits per heavy atom. The molecule has 0 aliphatic carbocycles. The lowest BCUT2D eigenvalue weighted by Crippen LogP contribution is -2.31. The van der Waals surface area contributed by atoms with Crippen molar-refractivity contribution in [3.05, 3.63) is 22.5 Å². The molecule has 0 saturated carbocycles. The van der Waals surface area contributed by atoms with Gasteiger partial charge in [0.2, 0.25) is 5.88 Å². The van der Waals surface area contributed by atoms with E-state index in [9.17, 15) is 4.79 Å². The van der Waals surface area contributed by atoms with Gasteiger partial charge in [-0.2, -0.15) is 0 Å². The van der Waals surface area contributed by atoms with E-state index in [0.29, 0.717) is 12.4 Å². The fourth-order valence-corrected chi connectivity index (χ4v) is 0.943. The largest absolute Gasteiger partial charge is 0.480 e. The van der Waals surface area contributed by atoms with Crippen LogP contribution in [0.15, 0.2) is 16.9 Å². The van der Waals surface area contributed by atoms with E-state index in [1.54, 1.807) is 0 Å². The number of ether oxygens (including phenoxy) is 1. The molecule has 0 saturated heterocycles. The number of rotatable bonds is 3. The van der Waals surface area contributed by atoms with Gasteiger partial charge in [0.05, 0.1) is 13.7 Å². The van der Waals surface area contributed by atoms with Crippen LogP contribution in [0.2, 0.25) is 0 Å². The van der Waals surface area contributed by atoms with Crippen molar-refractivity contribution < 1.29 is 4.74 Å². The maximum atomic E-state index is 11.2. The Hall–Kier alpha value is -1.36. The molecule has 72 valence electrons. The van der Waals surface area contributed by atoms with Crippen LogP contribution < -0.4 is 16.0 Å². The summed E-state index contributed by atoms with van der Waals surface area (Å²) in [6.45, 7) is 2.21. The zero-order valence-corrected chi connectivity index (χ0v) is 7.73. The molecular weight excluding hydrogens is 170 g/mol. The molecule has 0 aliphatic rings. The second-order valence-electron chi connectivity index (χ2n) is 2.87. The minimum absolute atomic E-state index is 0.0997. The second-order valence-corrected chi connectivity index (χ2v) is 2.87. The number of hydrogen-bond acceptors (Lipinski definition) is 4. The quantitative estimate of drug-likeness (QED) is 0.692. The average molecular weight is 183 g/mol. The van der Waals surface area contributed by atoms with Gasteiger partial charge < -0.3 is 10.5 Å². The van der Waals surface area contributed by atoms with Gasteiger partial charge in [0.15, 0.2) is 0 Å². The summed E-state index contributed by atoms with van der Waals surface area (Å²) in [5, 5.41) is 3.93. The first-order valence-electron chi connectivity index (χ1n) is 4.01. The SMILES string of the molecule is COc1ccc(=O)n(CC(C)N)n1. The molecule has 0 aliphatic heterocycles. The van der Waals surface area contributed by atoms with Crippen molar-refractivity contribution in [1.82, 2.24) is 9.78 Å². The lowest BCUT2D eigenvalue weighted by Gasteiger charge is -2.07. The van der Waals surface area contributed by atoms with Gasteiger partial charge in [-0.3, -0.25) is 4.79 Å². The van der Waals surface area contributed by atoms with Crippen LogP contribution >= 0.6 is 0 Å². The molecule has 1 rings (SSSR count). The minimum Gasteiger partial charge on any atom is -0.480 e.